The maximum absolute atomic E-state index is 11.9. The first-order valence-corrected chi connectivity index (χ1v) is 6.31. The Morgan fingerprint density at radius 1 is 1.19 bits per heavy atom. The molecule has 1 amide bonds. The Labute approximate surface area is 120 Å². The highest BCUT2D eigenvalue weighted by Crippen LogP contribution is 2.37. The van der Waals surface area contributed by atoms with Crippen LogP contribution in [-0.2, 0) is 7.05 Å². The topological polar surface area (TPSA) is 79.8 Å². The van der Waals surface area contributed by atoms with E-state index in [-0.39, 0.29) is 11.6 Å². The predicted octanol–water partition coefficient (Wildman–Crippen LogP) is 3.20. The number of fused-ring (bicyclic) bond motifs is 1. The summed E-state index contributed by atoms with van der Waals surface area (Å²) >= 11 is 0. The maximum atomic E-state index is 11.9. The number of benzene rings is 1. The van der Waals surface area contributed by atoms with Crippen molar-refractivity contribution in [3.05, 3.63) is 54.4 Å². The van der Waals surface area contributed by atoms with E-state index in [0.29, 0.717) is 5.56 Å². The number of aryl methyl sites for hydroxylation is 1. The van der Waals surface area contributed by atoms with Crippen LogP contribution in [0.2, 0.25) is 0 Å². The van der Waals surface area contributed by atoms with Crippen LogP contribution in [-0.4, -0.2) is 20.6 Å². The summed E-state index contributed by atoms with van der Waals surface area (Å²) in [4.78, 5) is 15.7. The largest absolute Gasteiger partial charge is 0.493 e. The Bertz CT molecular complexity index is 838. The fraction of sp³-hybridized carbons (Fsp3) is 0.0667. The molecule has 0 saturated carbocycles. The van der Waals surface area contributed by atoms with Crippen molar-refractivity contribution in [3.63, 3.8) is 0 Å². The minimum atomic E-state index is -0.482. The molecule has 0 saturated heterocycles. The quantitative estimate of drug-likeness (QED) is 0.732. The van der Waals surface area contributed by atoms with Gasteiger partial charge in [0.25, 0.3) is 5.91 Å². The number of aromatic hydroxyl groups is 1. The minimum absolute atomic E-state index is 0.0255. The van der Waals surface area contributed by atoms with E-state index >= 15 is 0 Å². The molecule has 1 aromatic carbocycles. The summed E-state index contributed by atoms with van der Waals surface area (Å²) in [5.41, 5.74) is 1.50. The lowest BCUT2D eigenvalue weighted by atomic mass is 10.2. The number of para-hydroxylation sites is 1. The molecule has 0 spiro atoms. The fourth-order valence-electron chi connectivity index (χ4n) is 2.11. The Kier molecular flexibility index (Phi) is 3.19. The average molecular weight is 280 g/mol. The van der Waals surface area contributed by atoms with Crippen LogP contribution < -0.4 is 0 Å². The molecule has 2 heterocycles. The van der Waals surface area contributed by atoms with Gasteiger partial charge in [-0.15, -0.1) is 10.2 Å². The summed E-state index contributed by atoms with van der Waals surface area (Å²) in [7, 11) is 1.72. The molecule has 0 atom stereocenters. The molecule has 0 unspecified atom stereocenters. The lowest BCUT2D eigenvalue weighted by Crippen LogP contribution is -1.92. The second kappa shape index (κ2) is 5.16. The van der Waals surface area contributed by atoms with E-state index in [1.54, 1.807) is 23.7 Å². The minimum Gasteiger partial charge on any atom is -0.493 e. The van der Waals surface area contributed by atoms with E-state index in [1.807, 2.05) is 24.3 Å². The van der Waals surface area contributed by atoms with E-state index in [0.717, 1.165) is 10.9 Å². The lowest BCUT2D eigenvalue weighted by Gasteiger charge is -1.95. The Balaban J connectivity index is 2.01. The van der Waals surface area contributed by atoms with Gasteiger partial charge < -0.3 is 9.67 Å². The van der Waals surface area contributed by atoms with E-state index in [1.165, 1.54) is 12.4 Å². The lowest BCUT2D eigenvalue weighted by molar-refractivity contribution is 0.0995. The average Bonchev–Trinajstić information content (AvgIpc) is 2.78. The van der Waals surface area contributed by atoms with Crippen LogP contribution in [0.3, 0.4) is 0 Å². The number of nitrogens with zero attached hydrogens (tertiary/aromatic N) is 4. The molecule has 0 fully saturated rings. The number of hydrogen-bond acceptors (Lipinski definition) is 4. The summed E-state index contributed by atoms with van der Waals surface area (Å²) in [5, 5.41) is 18.4. The molecule has 6 nitrogen and oxygen atoms in total. The van der Waals surface area contributed by atoms with Gasteiger partial charge in [0.15, 0.2) is 5.69 Å². The zero-order valence-corrected chi connectivity index (χ0v) is 11.3. The number of aromatic nitrogens is 2. The molecule has 2 aromatic heterocycles. The second-order valence-corrected chi connectivity index (χ2v) is 4.49. The SMILES string of the molecule is Cn1c(O)c(N=NC(=O)c2ccncc2)c2ccccc21. The molecule has 1 N–H and O–H groups in total. The molecule has 6 heteroatoms. The monoisotopic (exact) mass is 280 g/mol. The standard InChI is InChI=1S/C15H12N4O2/c1-19-12-5-3-2-4-11(12)13(15(19)21)17-18-14(20)10-6-8-16-9-7-10/h2-9,21H,1H3. The molecule has 3 aromatic rings. The van der Waals surface area contributed by atoms with Crippen LogP contribution in [0.15, 0.2) is 59.0 Å². The van der Waals surface area contributed by atoms with Gasteiger partial charge in [-0.25, -0.2) is 0 Å². The Morgan fingerprint density at radius 2 is 1.90 bits per heavy atom. The molecule has 0 aliphatic heterocycles. The highest BCUT2D eigenvalue weighted by Gasteiger charge is 2.14. The third-order valence-corrected chi connectivity index (χ3v) is 3.22. The van der Waals surface area contributed by atoms with Crippen LogP contribution in [0.25, 0.3) is 10.9 Å². The third kappa shape index (κ3) is 2.27. The third-order valence-electron chi connectivity index (χ3n) is 3.22. The number of carbonyl (C=O) groups is 1. The molecule has 3 rings (SSSR count). The van der Waals surface area contributed by atoms with Crippen molar-refractivity contribution in [3.8, 4) is 5.88 Å². The Morgan fingerprint density at radius 3 is 2.67 bits per heavy atom. The van der Waals surface area contributed by atoms with Crippen molar-refractivity contribution in [2.45, 2.75) is 0 Å². The highest BCUT2D eigenvalue weighted by molar-refractivity contribution is 5.97. The smallest absolute Gasteiger partial charge is 0.295 e. The number of carbonyl (C=O) groups excluding carboxylic acids is 1. The van der Waals surface area contributed by atoms with E-state index in [4.69, 9.17) is 0 Å². The van der Waals surface area contributed by atoms with Crippen molar-refractivity contribution < 1.29 is 9.90 Å². The van der Waals surface area contributed by atoms with Crippen molar-refractivity contribution in [1.29, 1.82) is 0 Å². The van der Waals surface area contributed by atoms with E-state index < -0.39 is 5.91 Å². The van der Waals surface area contributed by atoms with Crippen LogP contribution >= 0.6 is 0 Å². The van der Waals surface area contributed by atoms with Gasteiger partial charge in [0.05, 0.1) is 5.52 Å². The van der Waals surface area contributed by atoms with E-state index in [2.05, 4.69) is 15.2 Å². The maximum Gasteiger partial charge on any atom is 0.295 e. The van der Waals surface area contributed by atoms with Gasteiger partial charge in [-0.3, -0.25) is 9.78 Å². The first-order chi connectivity index (χ1) is 10.2. The van der Waals surface area contributed by atoms with Crippen LogP contribution in [0.5, 0.6) is 5.88 Å². The second-order valence-electron chi connectivity index (χ2n) is 4.49. The van der Waals surface area contributed by atoms with Crippen LogP contribution in [0.1, 0.15) is 10.4 Å². The Hall–Kier alpha value is -3.02. The van der Waals surface area contributed by atoms with Crippen molar-refractivity contribution in [2.24, 2.45) is 17.3 Å². The van der Waals surface area contributed by atoms with Crippen LogP contribution in [0, 0.1) is 0 Å². The number of rotatable bonds is 2. The van der Waals surface area contributed by atoms with Gasteiger partial charge in [-0.1, -0.05) is 18.2 Å². The number of hydrogen-bond donors (Lipinski definition) is 1. The molecule has 104 valence electrons. The van der Waals surface area contributed by atoms with Crippen molar-refractivity contribution in [2.75, 3.05) is 0 Å². The van der Waals surface area contributed by atoms with Crippen LogP contribution in [0.4, 0.5) is 5.69 Å². The summed E-state index contributed by atoms with van der Waals surface area (Å²) in [6.07, 6.45) is 3.02. The molecule has 0 bridgehead atoms. The van der Waals surface area contributed by atoms with Gasteiger partial charge in [-0.05, 0) is 18.2 Å². The molecule has 0 aliphatic carbocycles. The normalized spacial score (nSPS) is 11.3. The fourth-order valence-corrected chi connectivity index (χ4v) is 2.11. The van der Waals surface area contributed by atoms with Crippen molar-refractivity contribution in [1.82, 2.24) is 9.55 Å². The summed E-state index contributed by atoms with van der Waals surface area (Å²) < 4.78 is 1.60. The number of pyridine rings is 1. The first kappa shape index (κ1) is 13.0. The van der Waals surface area contributed by atoms with Gasteiger partial charge in [-0.2, -0.15) is 0 Å². The molecule has 21 heavy (non-hydrogen) atoms. The summed E-state index contributed by atoms with van der Waals surface area (Å²) in [6.45, 7) is 0. The highest BCUT2D eigenvalue weighted by atomic mass is 16.3. The zero-order chi connectivity index (χ0) is 14.8. The van der Waals surface area contributed by atoms with Gasteiger partial charge >= 0.3 is 0 Å². The number of azo groups is 1. The first-order valence-electron chi connectivity index (χ1n) is 6.31. The molecular weight excluding hydrogens is 268 g/mol. The van der Waals surface area contributed by atoms with Crippen molar-refractivity contribution >= 4 is 22.5 Å². The molecular formula is C15H12N4O2. The zero-order valence-electron chi connectivity index (χ0n) is 11.3. The number of amides is 1. The molecule has 0 radical (unpaired) electrons. The summed E-state index contributed by atoms with van der Waals surface area (Å²) in [6, 6.07) is 10.5. The summed E-state index contributed by atoms with van der Waals surface area (Å²) in [5.74, 6) is -0.507. The van der Waals surface area contributed by atoms with E-state index in [9.17, 15) is 9.90 Å². The van der Waals surface area contributed by atoms with Gasteiger partial charge in [0, 0.05) is 30.4 Å². The predicted molar refractivity (Wildman–Crippen MR) is 77.7 cm³/mol. The van der Waals surface area contributed by atoms with Gasteiger partial charge in [0.1, 0.15) is 0 Å². The molecule has 0 aliphatic rings. The van der Waals surface area contributed by atoms with Gasteiger partial charge in [0.2, 0.25) is 5.88 Å².